The largest absolute Gasteiger partial charge is 0.207 e. The predicted octanol–water partition coefficient (Wildman–Crippen LogP) is 6.48. The zero-order valence-corrected chi connectivity index (χ0v) is 16.5. The lowest BCUT2D eigenvalue weighted by Gasteiger charge is -2.03. The van der Waals surface area contributed by atoms with Crippen LogP contribution in [0, 0.1) is 35.3 Å². The summed E-state index contributed by atoms with van der Waals surface area (Å²) in [6.07, 6.45) is 1.00. The minimum Gasteiger partial charge on any atom is -0.207 e. The Bertz CT molecular complexity index is 1320. The third-order valence-corrected chi connectivity index (χ3v) is 4.85. The fourth-order valence-electron chi connectivity index (χ4n) is 3.11. The summed E-state index contributed by atoms with van der Waals surface area (Å²) in [6, 6.07) is 22.9. The Balaban J connectivity index is 1.61. The van der Waals surface area contributed by atoms with Crippen molar-refractivity contribution in [1.82, 2.24) is 0 Å². The molecule has 2 heteroatoms. The van der Waals surface area contributed by atoms with Gasteiger partial charge in [0.1, 0.15) is 11.6 Å². The molecule has 4 rings (SSSR count). The van der Waals surface area contributed by atoms with E-state index >= 15 is 0 Å². The molecule has 0 aliphatic carbocycles. The van der Waals surface area contributed by atoms with Crippen molar-refractivity contribution in [3.8, 4) is 23.7 Å². The molecule has 30 heavy (non-hydrogen) atoms. The van der Waals surface area contributed by atoms with Crippen LogP contribution in [0.5, 0.6) is 0 Å². The van der Waals surface area contributed by atoms with Gasteiger partial charge >= 0.3 is 0 Å². The van der Waals surface area contributed by atoms with Gasteiger partial charge in [0.25, 0.3) is 0 Å². The van der Waals surface area contributed by atoms with E-state index in [-0.39, 0.29) is 11.6 Å². The van der Waals surface area contributed by atoms with Crippen molar-refractivity contribution >= 4 is 10.8 Å². The summed E-state index contributed by atoms with van der Waals surface area (Å²) < 4.78 is 27.9. The van der Waals surface area contributed by atoms with Crippen LogP contribution in [0.15, 0.2) is 78.9 Å². The van der Waals surface area contributed by atoms with Gasteiger partial charge in [-0.15, -0.1) is 0 Å². The van der Waals surface area contributed by atoms with Crippen molar-refractivity contribution in [1.29, 1.82) is 0 Å². The molecule has 0 unspecified atom stereocenters. The molecule has 0 atom stereocenters. The standard InChI is InChI=1S/C28H18F2/c1-2-20-3-5-21(6-4-20)7-8-23-12-18-27-25(19-23)15-14-24(28(27)30)13-9-22-10-16-26(29)17-11-22/h3-6,10-12,14-19H,2H2,1H3. The van der Waals surface area contributed by atoms with Crippen LogP contribution >= 0.6 is 0 Å². The lowest BCUT2D eigenvalue weighted by molar-refractivity contribution is 0.627. The molecule has 0 saturated heterocycles. The minimum atomic E-state index is -0.364. The van der Waals surface area contributed by atoms with Gasteiger partial charge in [0.2, 0.25) is 0 Å². The first-order chi connectivity index (χ1) is 14.6. The molecule has 0 aromatic heterocycles. The second-order valence-electron chi connectivity index (χ2n) is 6.92. The Morgan fingerprint density at radius 2 is 1.23 bits per heavy atom. The Morgan fingerprint density at radius 1 is 0.633 bits per heavy atom. The molecule has 0 heterocycles. The van der Waals surface area contributed by atoms with E-state index < -0.39 is 0 Å². The highest BCUT2D eigenvalue weighted by atomic mass is 19.1. The van der Waals surface area contributed by atoms with Crippen molar-refractivity contribution in [2.75, 3.05) is 0 Å². The maximum Gasteiger partial charge on any atom is 0.146 e. The minimum absolute atomic E-state index is 0.307. The van der Waals surface area contributed by atoms with Crippen LogP contribution in [-0.4, -0.2) is 0 Å². The highest BCUT2D eigenvalue weighted by molar-refractivity contribution is 5.86. The molecule has 0 aliphatic rings. The van der Waals surface area contributed by atoms with Crippen LogP contribution in [0.25, 0.3) is 10.8 Å². The first-order valence-corrected chi connectivity index (χ1v) is 9.73. The van der Waals surface area contributed by atoms with Gasteiger partial charge in [0, 0.05) is 22.1 Å². The molecular weight excluding hydrogens is 374 g/mol. The van der Waals surface area contributed by atoms with Crippen LogP contribution in [0.3, 0.4) is 0 Å². The van der Waals surface area contributed by atoms with Crippen molar-refractivity contribution < 1.29 is 8.78 Å². The molecule has 0 fully saturated rings. The molecule has 0 aliphatic heterocycles. The summed E-state index contributed by atoms with van der Waals surface area (Å²) in [5.41, 5.74) is 3.99. The second kappa shape index (κ2) is 8.64. The van der Waals surface area contributed by atoms with E-state index in [0.717, 1.165) is 22.9 Å². The average molecular weight is 392 g/mol. The van der Waals surface area contributed by atoms with Gasteiger partial charge in [-0.1, -0.05) is 54.9 Å². The summed E-state index contributed by atoms with van der Waals surface area (Å²) >= 11 is 0. The Morgan fingerprint density at radius 3 is 1.93 bits per heavy atom. The van der Waals surface area contributed by atoms with Crippen LogP contribution < -0.4 is 0 Å². The molecule has 0 amide bonds. The summed E-state index contributed by atoms with van der Waals surface area (Å²) in [5.74, 6) is 11.3. The van der Waals surface area contributed by atoms with Gasteiger partial charge < -0.3 is 0 Å². The third kappa shape index (κ3) is 4.40. The molecular formula is C28H18F2. The molecule has 4 aromatic carbocycles. The fourth-order valence-corrected chi connectivity index (χ4v) is 3.11. The molecule has 0 radical (unpaired) electrons. The average Bonchev–Trinajstić information content (AvgIpc) is 2.78. The summed E-state index contributed by atoms with van der Waals surface area (Å²) in [5, 5.41) is 1.27. The highest BCUT2D eigenvalue weighted by Gasteiger charge is 2.06. The maximum atomic E-state index is 14.9. The topological polar surface area (TPSA) is 0 Å². The number of hydrogen-bond donors (Lipinski definition) is 0. The molecule has 4 aromatic rings. The van der Waals surface area contributed by atoms with Gasteiger partial charge in [0.15, 0.2) is 0 Å². The fraction of sp³-hybridized carbons (Fsp3) is 0.0714. The Kier molecular flexibility index (Phi) is 5.60. The van der Waals surface area contributed by atoms with Crippen molar-refractivity contribution in [2.24, 2.45) is 0 Å². The lowest BCUT2D eigenvalue weighted by Crippen LogP contribution is -1.88. The monoisotopic (exact) mass is 392 g/mol. The number of hydrogen-bond acceptors (Lipinski definition) is 0. The van der Waals surface area contributed by atoms with E-state index in [9.17, 15) is 8.78 Å². The van der Waals surface area contributed by atoms with E-state index in [2.05, 4.69) is 42.7 Å². The summed E-state index contributed by atoms with van der Waals surface area (Å²) in [6.45, 7) is 2.12. The van der Waals surface area contributed by atoms with Crippen molar-refractivity contribution in [2.45, 2.75) is 13.3 Å². The smallest absolute Gasteiger partial charge is 0.146 e. The summed E-state index contributed by atoms with van der Waals surface area (Å²) in [7, 11) is 0. The number of rotatable bonds is 1. The molecule has 0 N–H and O–H groups in total. The number of halogens is 2. The molecule has 0 spiro atoms. The quantitative estimate of drug-likeness (QED) is 0.325. The second-order valence-corrected chi connectivity index (χ2v) is 6.92. The van der Waals surface area contributed by atoms with E-state index in [1.165, 1.54) is 17.7 Å². The van der Waals surface area contributed by atoms with E-state index in [0.29, 0.717) is 16.5 Å². The number of fused-ring (bicyclic) bond motifs is 1. The van der Waals surface area contributed by atoms with Gasteiger partial charge in [-0.3, -0.25) is 0 Å². The van der Waals surface area contributed by atoms with Crippen molar-refractivity contribution in [3.05, 3.63) is 118 Å². The predicted molar refractivity (Wildman–Crippen MR) is 118 cm³/mol. The Hall–Kier alpha value is -3.88. The van der Waals surface area contributed by atoms with Crippen LogP contribution in [0.2, 0.25) is 0 Å². The van der Waals surface area contributed by atoms with Gasteiger partial charge in [-0.05, 0) is 72.0 Å². The Labute approximate surface area is 175 Å². The normalized spacial score (nSPS) is 10.1. The van der Waals surface area contributed by atoms with E-state index in [1.807, 2.05) is 30.3 Å². The lowest BCUT2D eigenvalue weighted by atomic mass is 10.0. The SMILES string of the molecule is CCc1ccc(C#Cc2ccc3c(F)c(C#Cc4ccc(F)cc4)ccc3c2)cc1. The maximum absolute atomic E-state index is 14.9. The third-order valence-electron chi connectivity index (χ3n) is 4.85. The number of aryl methyl sites for hydroxylation is 1. The zero-order valence-electron chi connectivity index (χ0n) is 16.5. The van der Waals surface area contributed by atoms with Gasteiger partial charge in [0.05, 0.1) is 5.56 Å². The first-order valence-electron chi connectivity index (χ1n) is 9.73. The van der Waals surface area contributed by atoms with Crippen molar-refractivity contribution in [3.63, 3.8) is 0 Å². The van der Waals surface area contributed by atoms with Gasteiger partial charge in [-0.2, -0.15) is 0 Å². The van der Waals surface area contributed by atoms with Crippen LogP contribution in [0.4, 0.5) is 8.78 Å². The molecule has 0 bridgehead atoms. The first kappa shape index (κ1) is 19.4. The van der Waals surface area contributed by atoms with Gasteiger partial charge in [-0.25, -0.2) is 8.78 Å². The van der Waals surface area contributed by atoms with E-state index in [4.69, 9.17) is 0 Å². The van der Waals surface area contributed by atoms with E-state index in [1.54, 1.807) is 24.3 Å². The molecule has 0 saturated carbocycles. The number of benzene rings is 4. The molecule has 144 valence electrons. The highest BCUT2D eigenvalue weighted by Crippen LogP contribution is 2.22. The summed E-state index contributed by atoms with van der Waals surface area (Å²) in [4.78, 5) is 0. The van der Waals surface area contributed by atoms with Crippen LogP contribution in [0.1, 0.15) is 34.7 Å². The zero-order chi connectivity index (χ0) is 20.9. The van der Waals surface area contributed by atoms with Crippen LogP contribution in [-0.2, 0) is 6.42 Å². The molecule has 0 nitrogen and oxygen atoms in total.